The molecule has 0 fully saturated rings. The van der Waals surface area contributed by atoms with Crippen molar-refractivity contribution in [3.8, 4) is 0 Å². The Hall–Kier alpha value is -1.62. The molecule has 0 amide bonds. The van der Waals surface area contributed by atoms with E-state index in [-0.39, 0.29) is 0 Å². The second kappa shape index (κ2) is 3.63. The van der Waals surface area contributed by atoms with Crippen molar-refractivity contribution in [2.24, 2.45) is 0 Å². The number of methoxy groups -OCH3 is 1. The second-order valence-corrected chi connectivity index (χ2v) is 3.05. The molecule has 0 atom stereocenters. The third kappa shape index (κ3) is 1.54. The van der Waals surface area contributed by atoms with E-state index in [4.69, 9.17) is 10.5 Å². The fraction of sp³-hybridized carbons (Fsp3) is 0.333. The summed E-state index contributed by atoms with van der Waals surface area (Å²) in [5.74, 6) is 0.891. The van der Waals surface area contributed by atoms with Gasteiger partial charge in [-0.1, -0.05) is 0 Å². The van der Waals surface area contributed by atoms with Gasteiger partial charge in [-0.3, -0.25) is 4.40 Å². The van der Waals surface area contributed by atoms with E-state index in [1.807, 2.05) is 16.7 Å². The van der Waals surface area contributed by atoms with Gasteiger partial charge < -0.3 is 10.5 Å². The molecule has 0 aliphatic carbocycles. The Labute approximate surface area is 81.5 Å². The molecule has 0 spiro atoms. The first-order valence-electron chi connectivity index (χ1n) is 4.39. The largest absolute Gasteiger partial charge is 0.399 e. The van der Waals surface area contributed by atoms with Crippen molar-refractivity contribution in [1.29, 1.82) is 0 Å². The van der Waals surface area contributed by atoms with Crippen molar-refractivity contribution in [2.75, 3.05) is 19.5 Å². The van der Waals surface area contributed by atoms with E-state index >= 15 is 0 Å². The van der Waals surface area contributed by atoms with Crippen LogP contribution in [0.4, 0.5) is 5.69 Å². The lowest BCUT2D eigenvalue weighted by Crippen LogP contribution is -2.00. The standard InChI is InChI=1S/C9H12N4O/c1-14-5-3-8-11-12-9-6-7(10)2-4-13(8)9/h2,4,6H,3,5,10H2,1H3. The maximum Gasteiger partial charge on any atom is 0.162 e. The van der Waals surface area contributed by atoms with Gasteiger partial charge in [0, 0.05) is 31.5 Å². The number of nitrogen functional groups attached to an aromatic ring is 1. The summed E-state index contributed by atoms with van der Waals surface area (Å²) in [6.07, 6.45) is 2.62. The Morgan fingerprint density at radius 2 is 2.36 bits per heavy atom. The monoisotopic (exact) mass is 192 g/mol. The van der Waals surface area contributed by atoms with Crippen LogP contribution >= 0.6 is 0 Å². The van der Waals surface area contributed by atoms with Crippen LogP contribution in [0.3, 0.4) is 0 Å². The van der Waals surface area contributed by atoms with Gasteiger partial charge in [0.25, 0.3) is 0 Å². The molecule has 2 heterocycles. The van der Waals surface area contributed by atoms with Gasteiger partial charge in [-0.25, -0.2) is 0 Å². The van der Waals surface area contributed by atoms with Crippen LogP contribution in [0.5, 0.6) is 0 Å². The molecule has 5 heteroatoms. The average Bonchev–Trinajstić information content (AvgIpc) is 2.57. The highest BCUT2D eigenvalue weighted by Gasteiger charge is 2.04. The predicted octanol–water partition coefficient (Wildman–Crippen LogP) is 0.500. The summed E-state index contributed by atoms with van der Waals surface area (Å²) in [4.78, 5) is 0. The smallest absolute Gasteiger partial charge is 0.162 e. The van der Waals surface area contributed by atoms with Crippen molar-refractivity contribution in [3.63, 3.8) is 0 Å². The molecule has 0 radical (unpaired) electrons. The third-order valence-corrected chi connectivity index (χ3v) is 2.03. The van der Waals surface area contributed by atoms with Crippen LogP contribution in [-0.2, 0) is 11.2 Å². The second-order valence-electron chi connectivity index (χ2n) is 3.05. The summed E-state index contributed by atoms with van der Waals surface area (Å²) >= 11 is 0. The molecule has 2 aromatic rings. The van der Waals surface area contributed by atoms with Gasteiger partial charge in [-0.15, -0.1) is 10.2 Å². The first-order valence-corrected chi connectivity index (χ1v) is 4.39. The lowest BCUT2D eigenvalue weighted by atomic mass is 10.4. The number of pyridine rings is 1. The van der Waals surface area contributed by atoms with E-state index in [0.29, 0.717) is 12.3 Å². The molecule has 0 aromatic carbocycles. The zero-order valence-corrected chi connectivity index (χ0v) is 7.97. The summed E-state index contributed by atoms with van der Waals surface area (Å²) in [6.45, 7) is 0.644. The minimum atomic E-state index is 0.644. The topological polar surface area (TPSA) is 65.4 Å². The van der Waals surface area contributed by atoms with Gasteiger partial charge in [0.05, 0.1) is 6.61 Å². The lowest BCUT2D eigenvalue weighted by molar-refractivity contribution is 0.200. The first kappa shape index (κ1) is 8.96. The van der Waals surface area contributed by atoms with Gasteiger partial charge >= 0.3 is 0 Å². The van der Waals surface area contributed by atoms with Crippen molar-refractivity contribution < 1.29 is 4.74 Å². The number of aromatic nitrogens is 3. The molecular weight excluding hydrogens is 180 g/mol. The Bertz CT molecular complexity index is 437. The van der Waals surface area contributed by atoms with E-state index < -0.39 is 0 Å². The zero-order valence-electron chi connectivity index (χ0n) is 7.97. The van der Waals surface area contributed by atoms with Crippen molar-refractivity contribution in [2.45, 2.75) is 6.42 Å². The van der Waals surface area contributed by atoms with Crippen LogP contribution in [0.1, 0.15) is 5.82 Å². The van der Waals surface area contributed by atoms with Gasteiger partial charge in [-0.05, 0) is 6.07 Å². The van der Waals surface area contributed by atoms with Crippen LogP contribution in [-0.4, -0.2) is 28.3 Å². The number of rotatable bonds is 3. The molecule has 2 rings (SSSR count). The number of hydrogen-bond donors (Lipinski definition) is 1. The van der Waals surface area contributed by atoms with Crippen molar-refractivity contribution in [3.05, 3.63) is 24.2 Å². The van der Waals surface area contributed by atoms with Crippen LogP contribution in [0.25, 0.3) is 5.65 Å². The van der Waals surface area contributed by atoms with Crippen molar-refractivity contribution in [1.82, 2.24) is 14.6 Å². The highest BCUT2D eigenvalue weighted by atomic mass is 16.5. The Morgan fingerprint density at radius 1 is 1.50 bits per heavy atom. The van der Waals surface area contributed by atoms with Crippen LogP contribution in [0.2, 0.25) is 0 Å². The molecule has 0 unspecified atom stereocenters. The quantitative estimate of drug-likeness (QED) is 0.769. The molecule has 14 heavy (non-hydrogen) atoms. The Kier molecular flexibility index (Phi) is 2.32. The molecule has 0 bridgehead atoms. The number of fused-ring (bicyclic) bond motifs is 1. The predicted molar refractivity (Wildman–Crippen MR) is 53.0 cm³/mol. The molecule has 0 aliphatic rings. The van der Waals surface area contributed by atoms with Crippen LogP contribution in [0.15, 0.2) is 18.3 Å². The molecule has 2 aromatic heterocycles. The van der Waals surface area contributed by atoms with Crippen LogP contribution in [0, 0.1) is 0 Å². The average molecular weight is 192 g/mol. The number of ether oxygens (including phenoxy) is 1. The molecule has 0 saturated heterocycles. The number of nitrogens with zero attached hydrogens (tertiary/aromatic N) is 3. The van der Waals surface area contributed by atoms with E-state index in [1.54, 1.807) is 13.2 Å². The molecular formula is C9H12N4O. The van der Waals surface area contributed by atoms with Gasteiger partial charge in [0.15, 0.2) is 5.65 Å². The van der Waals surface area contributed by atoms with Gasteiger partial charge in [-0.2, -0.15) is 0 Å². The van der Waals surface area contributed by atoms with Crippen molar-refractivity contribution >= 4 is 11.3 Å². The summed E-state index contributed by atoms with van der Waals surface area (Å²) in [7, 11) is 1.67. The number of anilines is 1. The minimum absolute atomic E-state index is 0.644. The molecule has 0 aliphatic heterocycles. The van der Waals surface area contributed by atoms with E-state index in [1.165, 1.54) is 0 Å². The van der Waals surface area contributed by atoms with Gasteiger partial charge in [0.2, 0.25) is 0 Å². The highest BCUT2D eigenvalue weighted by Crippen LogP contribution is 2.08. The maximum atomic E-state index is 5.63. The molecule has 74 valence electrons. The summed E-state index contributed by atoms with van der Waals surface area (Å²) < 4.78 is 6.89. The number of nitrogens with two attached hydrogens (primary N) is 1. The summed E-state index contributed by atoms with van der Waals surface area (Å²) in [6, 6.07) is 3.62. The SMILES string of the molecule is COCCc1nnc2cc(N)ccn12. The summed E-state index contributed by atoms with van der Waals surface area (Å²) in [5, 5.41) is 8.06. The molecule has 2 N–H and O–H groups in total. The maximum absolute atomic E-state index is 5.63. The number of hydrogen-bond acceptors (Lipinski definition) is 4. The summed E-state index contributed by atoms with van der Waals surface area (Å²) in [5.41, 5.74) is 7.10. The Balaban J connectivity index is 2.37. The fourth-order valence-electron chi connectivity index (χ4n) is 1.32. The first-order chi connectivity index (χ1) is 6.81. The van der Waals surface area contributed by atoms with E-state index in [0.717, 1.165) is 17.9 Å². The van der Waals surface area contributed by atoms with E-state index in [9.17, 15) is 0 Å². The fourth-order valence-corrected chi connectivity index (χ4v) is 1.32. The zero-order chi connectivity index (χ0) is 9.97. The normalized spacial score (nSPS) is 10.9. The third-order valence-electron chi connectivity index (χ3n) is 2.03. The molecule has 0 saturated carbocycles. The van der Waals surface area contributed by atoms with Gasteiger partial charge in [0.1, 0.15) is 5.82 Å². The van der Waals surface area contributed by atoms with Crippen LogP contribution < -0.4 is 5.73 Å². The molecule has 5 nitrogen and oxygen atoms in total. The highest BCUT2D eigenvalue weighted by molar-refractivity contribution is 5.51. The van der Waals surface area contributed by atoms with E-state index in [2.05, 4.69) is 10.2 Å². The lowest BCUT2D eigenvalue weighted by Gasteiger charge is -1.99. The Morgan fingerprint density at radius 3 is 3.14 bits per heavy atom. The minimum Gasteiger partial charge on any atom is -0.399 e.